The second-order valence-electron chi connectivity index (χ2n) is 5.27. The Morgan fingerprint density at radius 2 is 2.08 bits per heavy atom. The molecule has 1 aliphatic rings. The number of thioether (sulfide) groups is 1. The van der Waals surface area contributed by atoms with Crippen LogP contribution in [0, 0.1) is 0 Å². The molecule has 2 aromatic carbocycles. The molecule has 0 aromatic heterocycles. The summed E-state index contributed by atoms with van der Waals surface area (Å²) in [5.41, 5.74) is 0.507. The first kappa shape index (κ1) is 16.5. The molecule has 0 spiro atoms. The molecule has 1 unspecified atom stereocenters. The highest BCUT2D eigenvalue weighted by Gasteiger charge is 2.22. The van der Waals surface area contributed by atoms with Crippen molar-refractivity contribution in [1.82, 2.24) is 5.32 Å². The molecule has 3 rings (SSSR count). The van der Waals surface area contributed by atoms with Gasteiger partial charge in [0.25, 0.3) is 5.91 Å². The van der Waals surface area contributed by atoms with Crippen LogP contribution in [0.4, 0.5) is 0 Å². The van der Waals surface area contributed by atoms with E-state index in [9.17, 15) is 4.79 Å². The lowest BCUT2D eigenvalue weighted by Gasteiger charge is -2.26. The number of carbonyl (C=O) groups excluding carboxylic acids is 1. The minimum Gasteiger partial charge on any atom is -0.496 e. The van der Waals surface area contributed by atoms with Crippen molar-refractivity contribution in [3.8, 4) is 17.2 Å². The standard InChI is InChI=1S/C18H19NO4S/c1-21-17-9-13(24-2)7-8-14(17)18(20)19-10-12-11-22-15-5-3-4-6-16(15)23-12/h3-9,12H,10-11H2,1-2H3,(H,19,20). The summed E-state index contributed by atoms with van der Waals surface area (Å²) in [5.74, 6) is 1.80. The second kappa shape index (κ2) is 7.49. The number of ether oxygens (including phenoxy) is 3. The zero-order valence-electron chi connectivity index (χ0n) is 13.6. The van der Waals surface area contributed by atoms with E-state index in [-0.39, 0.29) is 12.0 Å². The van der Waals surface area contributed by atoms with E-state index in [0.717, 1.165) is 10.6 Å². The zero-order chi connectivity index (χ0) is 16.9. The molecule has 5 nitrogen and oxygen atoms in total. The van der Waals surface area contributed by atoms with Gasteiger partial charge in [0.15, 0.2) is 11.5 Å². The average molecular weight is 345 g/mol. The van der Waals surface area contributed by atoms with Crippen molar-refractivity contribution in [1.29, 1.82) is 0 Å². The van der Waals surface area contributed by atoms with Crippen molar-refractivity contribution in [2.75, 3.05) is 26.5 Å². The van der Waals surface area contributed by atoms with Gasteiger partial charge in [-0.15, -0.1) is 11.8 Å². The summed E-state index contributed by atoms with van der Waals surface area (Å²) in [5, 5.41) is 2.88. The molecule has 0 fully saturated rings. The van der Waals surface area contributed by atoms with Crippen LogP contribution in [0.2, 0.25) is 0 Å². The van der Waals surface area contributed by atoms with E-state index in [1.54, 1.807) is 24.9 Å². The van der Waals surface area contributed by atoms with Crippen LogP contribution in [0.5, 0.6) is 17.2 Å². The number of benzene rings is 2. The van der Waals surface area contributed by atoms with Crippen LogP contribution in [0.1, 0.15) is 10.4 Å². The molecule has 0 radical (unpaired) electrons. The minimum absolute atomic E-state index is 0.193. The molecule has 24 heavy (non-hydrogen) atoms. The number of rotatable bonds is 5. The maximum Gasteiger partial charge on any atom is 0.255 e. The van der Waals surface area contributed by atoms with E-state index in [2.05, 4.69) is 5.32 Å². The topological polar surface area (TPSA) is 56.8 Å². The van der Waals surface area contributed by atoms with E-state index >= 15 is 0 Å². The highest BCUT2D eigenvalue weighted by molar-refractivity contribution is 7.98. The number of para-hydroxylation sites is 2. The van der Waals surface area contributed by atoms with E-state index in [0.29, 0.717) is 30.2 Å². The number of nitrogens with one attached hydrogen (secondary N) is 1. The smallest absolute Gasteiger partial charge is 0.255 e. The molecule has 126 valence electrons. The van der Waals surface area contributed by atoms with Gasteiger partial charge in [-0.1, -0.05) is 12.1 Å². The molecular formula is C18H19NO4S. The van der Waals surface area contributed by atoms with Gasteiger partial charge in [-0.05, 0) is 36.6 Å². The van der Waals surface area contributed by atoms with Gasteiger partial charge >= 0.3 is 0 Å². The fourth-order valence-electron chi connectivity index (χ4n) is 2.45. The van der Waals surface area contributed by atoms with Crippen molar-refractivity contribution in [2.24, 2.45) is 0 Å². The second-order valence-corrected chi connectivity index (χ2v) is 6.15. The Bertz CT molecular complexity index is 735. The summed E-state index contributed by atoms with van der Waals surface area (Å²) in [6.07, 6.45) is 1.76. The largest absolute Gasteiger partial charge is 0.496 e. The summed E-state index contributed by atoms with van der Waals surface area (Å²) in [4.78, 5) is 13.5. The van der Waals surface area contributed by atoms with Crippen LogP contribution in [0.3, 0.4) is 0 Å². The molecule has 1 amide bonds. The van der Waals surface area contributed by atoms with Gasteiger partial charge in [-0.3, -0.25) is 4.79 Å². The van der Waals surface area contributed by atoms with Crippen LogP contribution in [-0.4, -0.2) is 38.5 Å². The van der Waals surface area contributed by atoms with Crippen molar-refractivity contribution in [3.05, 3.63) is 48.0 Å². The van der Waals surface area contributed by atoms with Gasteiger partial charge in [0, 0.05) is 4.90 Å². The predicted octanol–water partition coefficient (Wildman–Crippen LogP) is 2.99. The quantitative estimate of drug-likeness (QED) is 0.845. The van der Waals surface area contributed by atoms with Gasteiger partial charge in [-0.2, -0.15) is 0 Å². The lowest BCUT2D eigenvalue weighted by atomic mass is 10.2. The molecule has 1 atom stereocenters. The normalized spacial score (nSPS) is 15.7. The molecule has 0 aliphatic carbocycles. The van der Waals surface area contributed by atoms with Crippen molar-refractivity contribution < 1.29 is 19.0 Å². The van der Waals surface area contributed by atoms with E-state index in [4.69, 9.17) is 14.2 Å². The lowest BCUT2D eigenvalue weighted by Crippen LogP contribution is -2.40. The van der Waals surface area contributed by atoms with E-state index in [1.165, 1.54) is 0 Å². The first-order valence-electron chi connectivity index (χ1n) is 7.60. The number of amides is 1. The summed E-state index contributed by atoms with van der Waals surface area (Å²) in [7, 11) is 1.56. The molecule has 6 heteroatoms. The maximum absolute atomic E-state index is 12.4. The fourth-order valence-corrected chi connectivity index (χ4v) is 2.88. The average Bonchev–Trinajstić information content (AvgIpc) is 2.65. The van der Waals surface area contributed by atoms with E-state index < -0.39 is 0 Å². The lowest BCUT2D eigenvalue weighted by molar-refractivity contribution is 0.0787. The Kier molecular flexibility index (Phi) is 5.15. The summed E-state index contributed by atoms with van der Waals surface area (Å²) in [6.45, 7) is 0.764. The Morgan fingerprint density at radius 1 is 1.29 bits per heavy atom. The third-order valence-electron chi connectivity index (χ3n) is 3.71. The van der Waals surface area contributed by atoms with Crippen molar-refractivity contribution in [2.45, 2.75) is 11.0 Å². The van der Waals surface area contributed by atoms with Crippen LogP contribution in [0.25, 0.3) is 0 Å². The molecule has 1 aliphatic heterocycles. The van der Waals surface area contributed by atoms with Crippen LogP contribution < -0.4 is 19.5 Å². The molecule has 2 aromatic rings. The highest BCUT2D eigenvalue weighted by Crippen LogP contribution is 2.30. The van der Waals surface area contributed by atoms with Crippen LogP contribution in [-0.2, 0) is 0 Å². The third-order valence-corrected chi connectivity index (χ3v) is 4.44. The van der Waals surface area contributed by atoms with Crippen LogP contribution >= 0.6 is 11.8 Å². The van der Waals surface area contributed by atoms with Gasteiger partial charge < -0.3 is 19.5 Å². The SMILES string of the molecule is COc1cc(SC)ccc1C(=O)NCC1COc2ccccc2O1. The van der Waals surface area contributed by atoms with Crippen molar-refractivity contribution >= 4 is 17.7 Å². The number of fused-ring (bicyclic) bond motifs is 1. The minimum atomic E-state index is -0.222. The highest BCUT2D eigenvalue weighted by atomic mass is 32.2. The molecular weight excluding hydrogens is 326 g/mol. The van der Waals surface area contributed by atoms with Gasteiger partial charge in [-0.25, -0.2) is 0 Å². The van der Waals surface area contributed by atoms with Crippen molar-refractivity contribution in [3.63, 3.8) is 0 Å². The number of hydrogen-bond acceptors (Lipinski definition) is 5. The van der Waals surface area contributed by atoms with E-state index in [1.807, 2.05) is 42.7 Å². The third kappa shape index (κ3) is 3.59. The molecule has 0 saturated heterocycles. The first-order chi connectivity index (χ1) is 11.7. The Balaban J connectivity index is 1.62. The Labute approximate surface area is 145 Å². The molecule has 0 saturated carbocycles. The maximum atomic E-state index is 12.4. The van der Waals surface area contributed by atoms with Gasteiger partial charge in [0.1, 0.15) is 18.5 Å². The zero-order valence-corrected chi connectivity index (χ0v) is 14.4. The number of hydrogen-bond donors (Lipinski definition) is 1. The number of carbonyl (C=O) groups is 1. The Hall–Kier alpha value is -2.34. The van der Waals surface area contributed by atoms with Crippen LogP contribution in [0.15, 0.2) is 47.4 Å². The summed E-state index contributed by atoms with van der Waals surface area (Å²) >= 11 is 1.60. The Morgan fingerprint density at radius 3 is 2.83 bits per heavy atom. The number of methoxy groups -OCH3 is 1. The molecule has 1 heterocycles. The summed E-state index contributed by atoms with van der Waals surface area (Å²) in [6, 6.07) is 13.0. The monoisotopic (exact) mass is 345 g/mol. The summed E-state index contributed by atoms with van der Waals surface area (Å²) < 4.78 is 16.8. The molecule has 1 N–H and O–H groups in total. The first-order valence-corrected chi connectivity index (χ1v) is 8.82. The fraction of sp³-hybridized carbons (Fsp3) is 0.278. The predicted molar refractivity (Wildman–Crippen MR) is 93.5 cm³/mol. The van der Waals surface area contributed by atoms with Gasteiger partial charge in [0.2, 0.25) is 0 Å². The van der Waals surface area contributed by atoms with Gasteiger partial charge in [0.05, 0.1) is 19.2 Å². The molecule has 0 bridgehead atoms.